The second kappa shape index (κ2) is 8.40. The van der Waals surface area contributed by atoms with Gasteiger partial charge in [0.15, 0.2) is 0 Å². The molecule has 0 fully saturated rings. The van der Waals surface area contributed by atoms with E-state index in [1.165, 1.54) is 12.1 Å². The number of halogens is 4. The zero-order valence-corrected chi connectivity index (χ0v) is 11.2. The second-order valence-electron chi connectivity index (χ2n) is 4.03. The molecule has 0 aliphatic rings. The topological polar surface area (TPSA) is 21.3 Å². The molecule has 0 amide bonds. The quantitative estimate of drug-likeness (QED) is 0.586. The van der Waals surface area contributed by atoms with Crippen LogP contribution in [0.1, 0.15) is 17.5 Å². The molecule has 6 heteroatoms. The van der Waals surface area contributed by atoms with Crippen LogP contribution in [0, 0.1) is 0 Å². The molecule has 2 nitrogen and oxygen atoms in total. The largest absolute Gasteiger partial charge is 0.416 e. The summed E-state index contributed by atoms with van der Waals surface area (Å²) in [7, 11) is 0. The highest BCUT2D eigenvalue weighted by molar-refractivity contribution is 6.17. The van der Waals surface area contributed by atoms with Gasteiger partial charge in [0.05, 0.1) is 12.2 Å². The number of benzene rings is 1. The van der Waals surface area contributed by atoms with E-state index in [1.807, 2.05) is 0 Å². The van der Waals surface area contributed by atoms with E-state index in [2.05, 4.69) is 5.32 Å². The van der Waals surface area contributed by atoms with Crippen molar-refractivity contribution in [3.8, 4) is 0 Å². The predicted molar refractivity (Wildman–Crippen MR) is 69.3 cm³/mol. The number of ether oxygens (including phenoxy) is 1. The fraction of sp³-hybridized carbons (Fsp3) is 0.538. The van der Waals surface area contributed by atoms with Crippen molar-refractivity contribution in [1.82, 2.24) is 5.32 Å². The Labute approximate surface area is 115 Å². The van der Waals surface area contributed by atoms with Gasteiger partial charge in [0.2, 0.25) is 0 Å². The lowest BCUT2D eigenvalue weighted by atomic mass is 10.1. The van der Waals surface area contributed by atoms with Crippen molar-refractivity contribution in [2.45, 2.75) is 19.1 Å². The molecule has 0 saturated carbocycles. The van der Waals surface area contributed by atoms with Crippen molar-refractivity contribution in [1.29, 1.82) is 0 Å². The summed E-state index contributed by atoms with van der Waals surface area (Å²) in [5.74, 6) is 0.485. The van der Waals surface area contributed by atoms with Crippen LogP contribution in [0.5, 0.6) is 0 Å². The van der Waals surface area contributed by atoms with E-state index >= 15 is 0 Å². The van der Waals surface area contributed by atoms with Gasteiger partial charge in [0.25, 0.3) is 0 Å². The maximum atomic E-state index is 12.3. The third-order valence-electron chi connectivity index (χ3n) is 2.47. The Morgan fingerprint density at radius 2 is 1.79 bits per heavy atom. The highest BCUT2D eigenvalue weighted by atomic mass is 35.5. The summed E-state index contributed by atoms with van der Waals surface area (Å²) in [6.45, 7) is 2.48. The number of alkyl halides is 4. The molecule has 1 aromatic carbocycles. The average molecular weight is 296 g/mol. The third-order valence-corrected chi connectivity index (χ3v) is 2.63. The van der Waals surface area contributed by atoms with Crippen LogP contribution in [-0.4, -0.2) is 25.6 Å². The van der Waals surface area contributed by atoms with Crippen molar-refractivity contribution >= 4 is 11.6 Å². The molecule has 0 aliphatic carbocycles. The molecule has 1 N–H and O–H groups in total. The predicted octanol–water partition coefficient (Wildman–Crippen LogP) is 3.44. The molecule has 19 heavy (non-hydrogen) atoms. The molecule has 0 unspecified atom stereocenters. The molecule has 0 aromatic heterocycles. The van der Waals surface area contributed by atoms with Crippen LogP contribution in [0.4, 0.5) is 13.2 Å². The molecule has 0 spiro atoms. The summed E-state index contributed by atoms with van der Waals surface area (Å²) in [6, 6.07) is 5.17. The average Bonchev–Trinajstić information content (AvgIpc) is 2.37. The van der Waals surface area contributed by atoms with Crippen molar-refractivity contribution in [2.75, 3.05) is 25.6 Å². The van der Waals surface area contributed by atoms with E-state index < -0.39 is 11.7 Å². The first-order valence-electron chi connectivity index (χ1n) is 6.04. The number of hydrogen-bond donors (Lipinski definition) is 1. The van der Waals surface area contributed by atoms with Crippen LogP contribution < -0.4 is 5.32 Å². The van der Waals surface area contributed by atoms with Crippen molar-refractivity contribution in [3.63, 3.8) is 0 Å². The van der Waals surface area contributed by atoms with Gasteiger partial charge < -0.3 is 10.1 Å². The molecule has 0 heterocycles. The second-order valence-corrected chi connectivity index (χ2v) is 4.40. The number of rotatable bonds is 8. The molecule has 1 aromatic rings. The first-order valence-corrected chi connectivity index (χ1v) is 6.58. The molecular weight excluding hydrogens is 279 g/mol. The lowest BCUT2D eigenvalue weighted by molar-refractivity contribution is -0.137. The highest BCUT2D eigenvalue weighted by Crippen LogP contribution is 2.28. The molecule has 0 atom stereocenters. The molecule has 0 radical (unpaired) electrons. The Bertz CT molecular complexity index is 354. The minimum absolute atomic E-state index is 0.485. The van der Waals surface area contributed by atoms with E-state index in [4.69, 9.17) is 16.3 Å². The van der Waals surface area contributed by atoms with Gasteiger partial charge in [-0.2, -0.15) is 13.2 Å². The Balaban J connectivity index is 2.20. The Morgan fingerprint density at radius 3 is 2.37 bits per heavy atom. The van der Waals surface area contributed by atoms with Gasteiger partial charge in [-0.1, -0.05) is 12.1 Å². The van der Waals surface area contributed by atoms with Crippen molar-refractivity contribution < 1.29 is 17.9 Å². The SMILES string of the molecule is FC(F)(F)c1ccc(CNCCCOCCCl)cc1. The summed E-state index contributed by atoms with van der Waals surface area (Å²) < 4.78 is 42.2. The standard InChI is InChI=1S/C13H17ClF3NO/c14-6-9-19-8-1-7-18-10-11-2-4-12(5-3-11)13(15,16)17/h2-5,18H,1,6-10H2. The number of nitrogens with one attached hydrogen (secondary N) is 1. The van der Waals surface area contributed by atoms with Crippen molar-refractivity contribution in [3.05, 3.63) is 35.4 Å². The van der Waals surface area contributed by atoms with E-state index in [1.54, 1.807) is 0 Å². The van der Waals surface area contributed by atoms with Crippen LogP contribution in [0.25, 0.3) is 0 Å². The van der Waals surface area contributed by atoms with Gasteiger partial charge in [-0.3, -0.25) is 0 Å². The van der Waals surface area contributed by atoms with Crippen LogP contribution >= 0.6 is 11.6 Å². The summed E-state index contributed by atoms with van der Waals surface area (Å²) >= 11 is 5.45. The fourth-order valence-corrected chi connectivity index (χ4v) is 1.61. The summed E-state index contributed by atoms with van der Waals surface area (Å²) in [4.78, 5) is 0. The molecular formula is C13H17ClF3NO. The smallest absolute Gasteiger partial charge is 0.380 e. The normalized spacial score (nSPS) is 11.8. The maximum Gasteiger partial charge on any atom is 0.416 e. The lowest BCUT2D eigenvalue weighted by Gasteiger charge is -2.08. The lowest BCUT2D eigenvalue weighted by Crippen LogP contribution is -2.16. The monoisotopic (exact) mass is 295 g/mol. The van der Waals surface area contributed by atoms with Gasteiger partial charge >= 0.3 is 6.18 Å². The molecule has 108 valence electrons. The number of hydrogen-bond acceptors (Lipinski definition) is 2. The minimum atomic E-state index is -4.27. The third kappa shape index (κ3) is 6.80. The van der Waals surface area contributed by atoms with Crippen molar-refractivity contribution in [2.24, 2.45) is 0 Å². The fourth-order valence-electron chi connectivity index (χ4n) is 1.50. The minimum Gasteiger partial charge on any atom is -0.380 e. The van der Waals surface area contributed by atoms with Crippen LogP contribution in [0.15, 0.2) is 24.3 Å². The zero-order valence-electron chi connectivity index (χ0n) is 10.5. The van der Waals surface area contributed by atoms with E-state index in [0.29, 0.717) is 25.6 Å². The van der Waals surface area contributed by atoms with Crippen LogP contribution in [0.2, 0.25) is 0 Å². The molecule has 1 rings (SSSR count). The van der Waals surface area contributed by atoms with E-state index in [9.17, 15) is 13.2 Å². The van der Waals surface area contributed by atoms with Gasteiger partial charge in [-0.05, 0) is 30.7 Å². The maximum absolute atomic E-state index is 12.3. The highest BCUT2D eigenvalue weighted by Gasteiger charge is 2.29. The molecule has 0 aliphatic heterocycles. The van der Waals surface area contributed by atoms with Gasteiger partial charge in [-0.25, -0.2) is 0 Å². The van der Waals surface area contributed by atoms with Gasteiger partial charge in [-0.15, -0.1) is 11.6 Å². The van der Waals surface area contributed by atoms with Crippen LogP contribution in [-0.2, 0) is 17.5 Å². The van der Waals surface area contributed by atoms with Crippen LogP contribution in [0.3, 0.4) is 0 Å². The van der Waals surface area contributed by atoms with E-state index in [0.717, 1.165) is 30.7 Å². The van der Waals surface area contributed by atoms with E-state index in [-0.39, 0.29) is 0 Å². The zero-order chi connectivity index (χ0) is 14.1. The first-order chi connectivity index (χ1) is 9.04. The first kappa shape index (κ1) is 16.3. The summed E-state index contributed by atoms with van der Waals surface area (Å²) in [5.41, 5.74) is 0.209. The van der Waals surface area contributed by atoms with Gasteiger partial charge in [0.1, 0.15) is 0 Å². The van der Waals surface area contributed by atoms with Gasteiger partial charge in [0, 0.05) is 19.0 Å². The Kier molecular flexibility index (Phi) is 7.20. The Morgan fingerprint density at radius 1 is 1.11 bits per heavy atom. The summed E-state index contributed by atoms with van der Waals surface area (Å²) in [5, 5.41) is 3.14. The Hall–Kier alpha value is -0.780. The molecule has 0 saturated heterocycles. The summed E-state index contributed by atoms with van der Waals surface area (Å²) in [6.07, 6.45) is -3.43. The molecule has 0 bridgehead atoms.